The normalized spacial score (nSPS) is 23.0. The predicted molar refractivity (Wildman–Crippen MR) is 107 cm³/mol. The summed E-state index contributed by atoms with van der Waals surface area (Å²) in [4.78, 5) is 57.5. The molecule has 1 fully saturated rings. The molecule has 3 heterocycles. The highest BCUT2D eigenvalue weighted by molar-refractivity contribution is 7.86. The van der Waals surface area contributed by atoms with E-state index in [1.54, 1.807) is 0 Å². The molecule has 3 atom stereocenters. The number of aliphatic carboxylic acids is 1. The molecule has 1 unspecified atom stereocenters. The number of nitrogens with two attached hydrogens (primary N) is 1. The van der Waals surface area contributed by atoms with Gasteiger partial charge in [0.2, 0.25) is 0 Å². The Hall–Kier alpha value is -3.33. The van der Waals surface area contributed by atoms with E-state index in [2.05, 4.69) is 20.3 Å². The summed E-state index contributed by atoms with van der Waals surface area (Å²) >= 11 is 1.06. The summed E-state index contributed by atoms with van der Waals surface area (Å²) < 4.78 is 17.5. The van der Waals surface area contributed by atoms with Gasteiger partial charge in [0.1, 0.15) is 36.5 Å². The average molecular weight is 471 g/mol. The molecule has 13 nitrogen and oxygen atoms in total. The van der Waals surface area contributed by atoms with Crippen molar-refractivity contribution in [1.29, 1.82) is 0 Å². The fourth-order valence-electron chi connectivity index (χ4n) is 3.05. The minimum atomic E-state index is -1.76. The largest absolute Gasteiger partial charge is 0.477 e. The molecule has 1 aromatic heterocycles. The van der Waals surface area contributed by atoms with Crippen molar-refractivity contribution in [2.75, 3.05) is 25.2 Å². The summed E-state index contributed by atoms with van der Waals surface area (Å²) in [6.07, 6.45) is 0. The molecule has 15 heteroatoms. The van der Waals surface area contributed by atoms with Gasteiger partial charge in [-0.3, -0.25) is 23.5 Å². The number of carbonyl (C=O) groups excluding carboxylic acids is 3. The van der Waals surface area contributed by atoms with Crippen molar-refractivity contribution < 1.29 is 38.1 Å². The molecule has 0 spiro atoms. The maximum atomic E-state index is 12.7. The van der Waals surface area contributed by atoms with Crippen LogP contribution >= 0.6 is 11.3 Å². The van der Waals surface area contributed by atoms with E-state index in [0.29, 0.717) is 0 Å². The molecule has 2 amide bonds. The smallest absolute Gasteiger partial charge is 0.352 e. The molecule has 3 rings (SSSR count). The number of aromatic nitrogens is 1. The first-order valence-corrected chi connectivity index (χ1v) is 10.8. The quantitative estimate of drug-likeness (QED) is 0.180. The molecule has 31 heavy (non-hydrogen) atoms. The number of anilines is 1. The summed E-state index contributed by atoms with van der Waals surface area (Å²) in [5.74, 6) is -3.95. The van der Waals surface area contributed by atoms with Crippen molar-refractivity contribution in [1.82, 2.24) is 15.2 Å². The van der Waals surface area contributed by atoms with Gasteiger partial charge in [0.05, 0.1) is 16.6 Å². The number of nitrogens with zero attached hydrogens (tertiary/aromatic N) is 3. The molecule has 0 saturated carbocycles. The Labute approximate surface area is 181 Å². The Morgan fingerprint density at radius 3 is 2.74 bits per heavy atom. The lowest BCUT2D eigenvalue weighted by atomic mass is 10.0. The van der Waals surface area contributed by atoms with Gasteiger partial charge in [-0.25, -0.2) is 9.78 Å². The third kappa shape index (κ3) is 4.27. The van der Waals surface area contributed by atoms with Crippen LogP contribution in [0.4, 0.5) is 5.13 Å². The Morgan fingerprint density at radius 2 is 2.19 bits per heavy atom. The summed E-state index contributed by atoms with van der Waals surface area (Å²) in [5.41, 5.74) is 5.04. The van der Waals surface area contributed by atoms with Crippen molar-refractivity contribution >= 4 is 56.7 Å². The standard InChI is InChI=1S/C16H17N5O8S2/c1-6(22)29-3-7-5-31(27)14-10(13(24)21(14)11(7)15(25)26)19-12(23)9(20-28-2)8-4-30-16(17)18-8/h4,10,14H,3,5H2,1-2H3,(H2,17,18)(H,19,23)(H,25,26)/b20-9-/t10-,14?,31+/m1/s1. The Bertz CT molecular complexity index is 1050. The molecule has 2 aliphatic rings. The number of hydrogen-bond acceptors (Lipinski definition) is 11. The fraction of sp³-hybridized carbons (Fsp3) is 0.375. The molecule has 166 valence electrons. The molecule has 0 aromatic carbocycles. The number of fused-ring (bicyclic) bond motifs is 1. The number of hydrogen-bond donors (Lipinski definition) is 3. The number of esters is 1. The van der Waals surface area contributed by atoms with E-state index in [9.17, 15) is 28.5 Å². The third-order valence-electron chi connectivity index (χ3n) is 4.31. The van der Waals surface area contributed by atoms with Crippen molar-refractivity contribution in [3.63, 3.8) is 0 Å². The van der Waals surface area contributed by atoms with Gasteiger partial charge in [0, 0.05) is 17.9 Å². The number of ether oxygens (including phenoxy) is 1. The van der Waals surface area contributed by atoms with Crippen LogP contribution in [-0.2, 0) is 39.6 Å². The van der Waals surface area contributed by atoms with E-state index < -0.39 is 58.3 Å². The van der Waals surface area contributed by atoms with Crippen LogP contribution in [0.5, 0.6) is 0 Å². The van der Waals surface area contributed by atoms with Crippen LogP contribution in [0.2, 0.25) is 0 Å². The van der Waals surface area contributed by atoms with Crippen LogP contribution in [0.25, 0.3) is 0 Å². The summed E-state index contributed by atoms with van der Waals surface area (Å²) in [6, 6.07) is -1.25. The zero-order valence-corrected chi connectivity index (χ0v) is 17.8. The average Bonchev–Trinajstić information content (AvgIpc) is 3.13. The molecule has 1 saturated heterocycles. The highest BCUT2D eigenvalue weighted by Crippen LogP contribution is 2.35. The van der Waals surface area contributed by atoms with Gasteiger partial charge < -0.3 is 25.7 Å². The van der Waals surface area contributed by atoms with Crippen LogP contribution in [0.15, 0.2) is 21.8 Å². The maximum absolute atomic E-state index is 12.7. The molecule has 4 N–H and O–H groups in total. The lowest BCUT2D eigenvalue weighted by Gasteiger charge is -2.48. The highest BCUT2D eigenvalue weighted by atomic mass is 32.2. The van der Waals surface area contributed by atoms with E-state index in [0.717, 1.165) is 23.2 Å². The Kier molecular flexibility index (Phi) is 6.35. The van der Waals surface area contributed by atoms with Gasteiger partial charge in [-0.15, -0.1) is 11.3 Å². The topological polar surface area (TPSA) is 191 Å². The van der Waals surface area contributed by atoms with Crippen LogP contribution in [-0.4, -0.2) is 79.5 Å². The van der Waals surface area contributed by atoms with Crippen molar-refractivity contribution in [2.24, 2.45) is 5.16 Å². The Balaban J connectivity index is 1.84. The predicted octanol–water partition coefficient (Wildman–Crippen LogP) is -1.61. The number of carboxylic acid groups (broad SMARTS) is 1. The lowest BCUT2D eigenvalue weighted by molar-refractivity contribution is -0.150. The molecule has 0 radical (unpaired) electrons. The number of carbonyl (C=O) groups is 4. The highest BCUT2D eigenvalue weighted by Gasteiger charge is 2.57. The van der Waals surface area contributed by atoms with Crippen LogP contribution in [0, 0.1) is 0 Å². The van der Waals surface area contributed by atoms with E-state index in [-0.39, 0.29) is 27.9 Å². The number of nitrogen functional groups attached to an aromatic ring is 1. The minimum Gasteiger partial charge on any atom is -0.477 e. The second-order valence-electron chi connectivity index (χ2n) is 6.31. The van der Waals surface area contributed by atoms with Gasteiger partial charge in [-0.1, -0.05) is 5.16 Å². The van der Waals surface area contributed by atoms with E-state index in [1.165, 1.54) is 12.5 Å². The molecular weight excluding hydrogens is 454 g/mol. The van der Waals surface area contributed by atoms with Crippen molar-refractivity contribution in [3.8, 4) is 0 Å². The Morgan fingerprint density at radius 1 is 1.48 bits per heavy atom. The van der Waals surface area contributed by atoms with Crippen molar-refractivity contribution in [2.45, 2.75) is 18.3 Å². The van der Waals surface area contributed by atoms with Gasteiger partial charge in [0.15, 0.2) is 10.8 Å². The zero-order chi connectivity index (χ0) is 22.9. The van der Waals surface area contributed by atoms with Crippen molar-refractivity contribution in [3.05, 3.63) is 22.3 Å². The number of β-lactam (4-membered cyclic amide) rings is 1. The summed E-state index contributed by atoms with van der Waals surface area (Å²) in [7, 11) is -0.549. The number of rotatable bonds is 7. The molecule has 2 aliphatic heterocycles. The number of carboxylic acids is 1. The second-order valence-corrected chi connectivity index (χ2v) is 8.73. The van der Waals surface area contributed by atoms with Gasteiger partial charge in [-0.05, 0) is 0 Å². The van der Waals surface area contributed by atoms with E-state index in [1.807, 2.05) is 0 Å². The van der Waals surface area contributed by atoms with Crippen LogP contribution in [0.3, 0.4) is 0 Å². The van der Waals surface area contributed by atoms with Gasteiger partial charge >= 0.3 is 11.9 Å². The first-order valence-electron chi connectivity index (χ1n) is 8.58. The van der Waals surface area contributed by atoms with E-state index in [4.69, 9.17) is 10.5 Å². The van der Waals surface area contributed by atoms with Crippen LogP contribution in [0.1, 0.15) is 12.6 Å². The third-order valence-corrected chi connectivity index (χ3v) is 6.63. The summed E-state index contributed by atoms with van der Waals surface area (Å²) in [5, 5.41) is 16.1. The number of amides is 2. The first kappa shape index (κ1) is 22.4. The summed E-state index contributed by atoms with van der Waals surface area (Å²) in [6.45, 7) is 0.727. The lowest BCUT2D eigenvalue weighted by Crippen LogP contribution is -2.74. The number of nitrogens with one attached hydrogen (secondary N) is 1. The van der Waals surface area contributed by atoms with Gasteiger partial charge in [0.25, 0.3) is 11.8 Å². The second kappa shape index (κ2) is 8.81. The zero-order valence-electron chi connectivity index (χ0n) is 16.2. The van der Waals surface area contributed by atoms with Crippen LogP contribution < -0.4 is 11.1 Å². The fourth-order valence-corrected chi connectivity index (χ4v) is 5.27. The first-order chi connectivity index (χ1) is 14.6. The SMILES string of the molecule is CO/N=C(\C(=O)N[C@@H]1C(=O)N2C(C(=O)O)=C(COC(C)=O)C[S@](=O)C12)c1csc(N)n1. The molecule has 0 aliphatic carbocycles. The maximum Gasteiger partial charge on any atom is 0.352 e. The molecular formula is C16H17N5O8S2. The molecule has 1 aromatic rings. The van der Waals surface area contributed by atoms with E-state index >= 15 is 0 Å². The minimum absolute atomic E-state index is 0.0370. The monoisotopic (exact) mass is 471 g/mol. The molecule has 0 bridgehead atoms. The number of thiazole rings is 1. The van der Waals surface area contributed by atoms with Gasteiger partial charge in [-0.2, -0.15) is 0 Å². The number of oxime groups is 1.